The van der Waals surface area contributed by atoms with Crippen molar-refractivity contribution < 1.29 is 23.6 Å². The van der Waals surface area contributed by atoms with E-state index in [9.17, 15) is 24.1 Å². The number of ether oxygens (including phenoxy) is 1. The highest BCUT2D eigenvalue weighted by Crippen LogP contribution is 2.27. The normalized spacial score (nSPS) is 10.1. The zero-order valence-corrected chi connectivity index (χ0v) is 14.8. The van der Waals surface area contributed by atoms with Crippen LogP contribution in [0.3, 0.4) is 0 Å². The lowest BCUT2D eigenvalue weighted by Gasteiger charge is -2.09. The summed E-state index contributed by atoms with van der Waals surface area (Å²) in [6, 6.07) is 9.60. The van der Waals surface area contributed by atoms with Gasteiger partial charge in [0.2, 0.25) is 11.7 Å². The Morgan fingerprint density at radius 2 is 1.92 bits per heavy atom. The first-order chi connectivity index (χ1) is 12.4. The molecular weight excluding hydrogens is 413 g/mol. The minimum atomic E-state index is -0.752. The van der Waals surface area contributed by atoms with Crippen LogP contribution in [0.25, 0.3) is 0 Å². The molecule has 0 unspecified atom stereocenters. The summed E-state index contributed by atoms with van der Waals surface area (Å²) in [5.74, 6) is -2.27. The molecule has 8 nitrogen and oxygen atoms in total. The second kappa shape index (κ2) is 8.90. The molecule has 0 aromatic heterocycles. The van der Waals surface area contributed by atoms with E-state index in [1.54, 1.807) is 24.3 Å². The first-order valence-corrected chi connectivity index (χ1v) is 8.04. The van der Waals surface area contributed by atoms with Crippen LogP contribution >= 0.6 is 15.9 Å². The lowest BCUT2D eigenvalue weighted by atomic mass is 10.3. The number of carbonyl (C=O) groups is 2. The molecule has 0 atom stereocenters. The van der Waals surface area contributed by atoms with E-state index in [2.05, 4.69) is 26.6 Å². The standard InChI is InChI=1S/C16H13BrFN3O5/c17-11-3-1-2-4-12(11)20-15(22)8-19-16(23)9-26-14-7-10(18)5-6-13(14)21(24)25/h1-7H,8-9H2,(H,19,23)(H,20,22). The average molecular weight is 426 g/mol. The molecule has 0 bridgehead atoms. The number of amides is 2. The van der Waals surface area contributed by atoms with E-state index in [0.717, 1.165) is 18.2 Å². The van der Waals surface area contributed by atoms with Crippen LogP contribution in [0.15, 0.2) is 46.9 Å². The van der Waals surface area contributed by atoms with E-state index in [4.69, 9.17) is 4.74 Å². The lowest BCUT2D eigenvalue weighted by molar-refractivity contribution is -0.385. The number of nitro benzene ring substituents is 1. The molecule has 0 saturated heterocycles. The number of rotatable bonds is 7. The Bertz CT molecular complexity index is 846. The molecule has 10 heteroatoms. The number of carbonyl (C=O) groups excluding carboxylic acids is 2. The van der Waals surface area contributed by atoms with Crippen LogP contribution in [0.4, 0.5) is 15.8 Å². The molecule has 0 saturated carbocycles. The highest BCUT2D eigenvalue weighted by Gasteiger charge is 2.17. The Morgan fingerprint density at radius 1 is 1.19 bits per heavy atom. The number of anilines is 1. The third kappa shape index (κ3) is 5.52. The van der Waals surface area contributed by atoms with Crippen molar-refractivity contribution in [2.75, 3.05) is 18.5 Å². The fourth-order valence-electron chi connectivity index (χ4n) is 1.88. The number of hydrogen-bond acceptors (Lipinski definition) is 5. The molecule has 0 aliphatic carbocycles. The lowest BCUT2D eigenvalue weighted by Crippen LogP contribution is -2.35. The first kappa shape index (κ1) is 19.3. The van der Waals surface area contributed by atoms with E-state index in [-0.39, 0.29) is 12.3 Å². The van der Waals surface area contributed by atoms with Crippen LogP contribution in [0.2, 0.25) is 0 Å². The smallest absolute Gasteiger partial charge is 0.311 e. The summed E-state index contributed by atoms with van der Waals surface area (Å²) in [7, 11) is 0. The van der Waals surface area contributed by atoms with Gasteiger partial charge in [-0.05, 0) is 34.1 Å². The summed E-state index contributed by atoms with van der Waals surface area (Å²) in [5.41, 5.74) is 0.0734. The Kier molecular flexibility index (Phi) is 6.61. The van der Waals surface area contributed by atoms with Gasteiger partial charge in [0.05, 0.1) is 17.2 Å². The van der Waals surface area contributed by atoms with Crippen molar-refractivity contribution in [3.05, 3.63) is 62.9 Å². The van der Waals surface area contributed by atoms with Gasteiger partial charge in [0, 0.05) is 16.6 Å². The predicted octanol–water partition coefficient (Wildman–Crippen LogP) is 2.63. The Labute approximate surface area is 155 Å². The third-order valence-electron chi connectivity index (χ3n) is 3.07. The summed E-state index contributed by atoms with van der Waals surface area (Å²) in [6.45, 7) is -0.929. The van der Waals surface area contributed by atoms with Crippen molar-refractivity contribution in [2.45, 2.75) is 0 Å². The van der Waals surface area contributed by atoms with Crippen LogP contribution in [0.1, 0.15) is 0 Å². The summed E-state index contributed by atoms with van der Waals surface area (Å²) >= 11 is 3.27. The number of para-hydroxylation sites is 1. The molecular formula is C16H13BrFN3O5. The molecule has 0 aliphatic rings. The molecule has 26 heavy (non-hydrogen) atoms. The fraction of sp³-hybridized carbons (Fsp3) is 0.125. The molecule has 2 amide bonds. The quantitative estimate of drug-likeness (QED) is 0.523. The van der Waals surface area contributed by atoms with Gasteiger partial charge in [-0.2, -0.15) is 0 Å². The van der Waals surface area contributed by atoms with E-state index < -0.39 is 34.8 Å². The van der Waals surface area contributed by atoms with E-state index in [1.807, 2.05) is 0 Å². The summed E-state index contributed by atoms with van der Waals surface area (Å²) < 4.78 is 18.8. The molecule has 2 aromatic carbocycles. The highest BCUT2D eigenvalue weighted by atomic mass is 79.9. The second-order valence-electron chi connectivity index (χ2n) is 4.96. The number of nitrogens with zero attached hydrogens (tertiary/aromatic N) is 1. The van der Waals surface area contributed by atoms with Gasteiger partial charge in [0.1, 0.15) is 5.82 Å². The molecule has 136 valence electrons. The number of benzene rings is 2. The largest absolute Gasteiger partial charge is 0.477 e. The van der Waals surface area contributed by atoms with Gasteiger partial charge in [-0.1, -0.05) is 12.1 Å². The van der Waals surface area contributed by atoms with Gasteiger partial charge in [-0.25, -0.2) is 4.39 Å². The Balaban J connectivity index is 1.84. The van der Waals surface area contributed by atoms with E-state index in [1.165, 1.54) is 0 Å². The molecule has 0 aliphatic heterocycles. The summed E-state index contributed by atoms with van der Waals surface area (Å²) in [4.78, 5) is 33.6. The molecule has 0 fully saturated rings. The maximum atomic E-state index is 13.2. The fourth-order valence-corrected chi connectivity index (χ4v) is 2.27. The SMILES string of the molecule is O=C(COc1cc(F)ccc1[N+](=O)[O-])NCC(=O)Nc1ccccc1Br. The topological polar surface area (TPSA) is 111 Å². The van der Waals surface area contributed by atoms with E-state index in [0.29, 0.717) is 10.2 Å². The van der Waals surface area contributed by atoms with Crippen molar-refractivity contribution in [2.24, 2.45) is 0 Å². The zero-order valence-electron chi connectivity index (χ0n) is 13.2. The summed E-state index contributed by atoms with van der Waals surface area (Å²) in [6.07, 6.45) is 0. The number of nitrogens with one attached hydrogen (secondary N) is 2. The zero-order chi connectivity index (χ0) is 19.1. The van der Waals surface area contributed by atoms with Crippen molar-refractivity contribution in [3.8, 4) is 5.75 Å². The molecule has 2 N–H and O–H groups in total. The van der Waals surface area contributed by atoms with Gasteiger partial charge in [-0.3, -0.25) is 19.7 Å². The van der Waals surface area contributed by atoms with Crippen molar-refractivity contribution in [3.63, 3.8) is 0 Å². The number of hydrogen-bond donors (Lipinski definition) is 2. The number of halogens is 2. The van der Waals surface area contributed by atoms with Crippen molar-refractivity contribution in [1.29, 1.82) is 0 Å². The molecule has 0 spiro atoms. The summed E-state index contributed by atoms with van der Waals surface area (Å²) in [5, 5.41) is 15.7. The van der Waals surface area contributed by atoms with Crippen LogP contribution in [0.5, 0.6) is 5.75 Å². The highest BCUT2D eigenvalue weighted by molar-refractivity contribution is 9.10. The van der Waals surface area contributed by atoms with Gasteiger partial charge >= 0.3 is 5.69 Å². The van der Waals surface area contributed by atoms with Gasteiger partial charge in [0.15, 0.2) is 6.61 Å². The predicted molar refractivity (Wildman–Crippen MR) is 94.3 cm³/mol. The third-order valence-corrected chi connectivity index (χ3v) is 3.76. The average Bonchev–Trinajstić information content (AvgIpc) is 2.60. The molecule has 2 rings (SSSR count). The Morgan fingerprint density at radius 3 is 2.62 bits per heavy atom. The minimum absolute atomic E-state index is 0.325. The Hall–Kier alpha value is -3.01. The van der Waals surface area contributed by atoms with E-state index >= 15 is 0 Å². The maximum absolute atomic E-state index is 13.2. The van der Waals surface area contributed by atoms with Crippen LogP contribution in [0, 0.1) is 15.9 Å². The van der Waals surface area contributed by atoms with Crippen LogP contribution < -0.4 is 15.4 Å². The van der Waals surface area contributed by atoms with Crippen molar-refractivity contribution >= 4 is 39.1 Å². The van der Waals surface area contributed by atoms with Crippen molar-refractivity contribution in [1.82, 2.24) is 5.32 Å². The molecule has 0 heterocycles. The van der Waals surface area contributed by atoms with Gasteiger partial charge < -0.3 is 15.4 Å². The molecule has 0 radical (unpaired) electrons. The monoisotopic (exact) mass is 425 g/mol. The first-order valence-electron chi connectivity index (χ1n) is 7.24. The minimum Gasteiger partial charge on any atom is -0.477 e. The molecule has 2 aromatic rings. The van der Waals surface area contributed by atoms with Gasteiger partial charge in [-0.15, -0.1) is 0 Å². The van der Waals surface area contributed by atoms with Gasteiger partial charge in [0.25, 0.3) is 5.91 Å². The van der Waals surface area contributed by atoms with Crippen LogP contribution in [-0.2, 0) is 9.59 Å². The number of nitro groups is 1. The second-order valence-corrected chi connectivity index (χ2v) is 5.82. The van der Waals surface area contributed by atoms with Crippen LogP contribution in [-0.4, -0.2) is 29.9 Å². The maximum Gasteiger partial charge on any atom is 0.311 e.